The third-order valence-corrected chi connectivity index (χ3v) is 5.22. The molecule has 136 valence electrons. The zero-order chi connectivity index (χ0) is 19.4. The minimum absolute atomic E-state index is 0.300. The van der Waals surface area contributed by atoms with Crippen LogP contribution in [0.2, 0.25) is 0 Å². The largest absolute Gasteiger partial charge is 0.423 e. The fourth-order valence-corrected chi connectivity index (χ4v) is 3.84. The van der Waals surface area contributed by atoms with Crippen LogP contribution in [0.15, 0.2) is 66.7 Å². The number of carbonyl (C=O) groups excluding carboxylic acids is 1. The maximum absolute atomic E-state index is 13.9. The second-order valence-electron chi connectivity index (χ2n) is 6.87. The van der Waals surface area contributed by atoms with Crippen molar-refractivity contribution in [1.82, 2.24) is 0 Å². The number of hydrogen-bond acceptors (Lipinski definition) is 2. The van der Waals surface area contributed by atoms with E-state index in [0.29, 0.717) is 11.8 Å². The SMILES string of the molecule is Cc1c(OC(=O)c2ccc(F)cc2F)cc2ccc3cccc4ccc1c2c34. The van der Waals surface area contributed by atoms with Crippen LogP contribution in [0.5, 0.6) is 5.75 Å². The normalized spacial score (nSPS) is 11.5. The summed E-state index contributed by atoms with van der Waals surface area (Å²) in [7, 11) is 0. The Hall–Kier alpha value is -3.53. The van der Waals surface area contributed by atoms with Crippen LogP contribution in [0.3, 0.4) is 0 Å². The lowest BCUT2D eigenvalue weighted by Gasteiger charge is -2.15. The van der Waals surface area contributed by atoms with Crippen molar-refractivity contribution in [2.45, 2.75) is 6.92 Å². The van der Waals surface area contributed by atoms with Crippen LogP contribution in [-0.2, 0) is 0 Å². The fraction of sp³-hybridized carbons (Fsp3) is 0.0417. The van der Waals surface area contributed by atoms with Crippen LogP contribution in [-0.4, -0.2) is 5.97 Å². The molecule has 0 aromatic heterocycles. The fourth-order valence-electron chi connectivity index (χ4n) is 3.84. The summed E-state index contributed by atoms with van der Waals surface area (Å²) in [5.74, 6) is -2.18. The van der Waals surface area contributed by atoms with Gasteiger partial charge in [0.2, 0.25) is 0 Å². The summed E-state index contributed by atoms with van der Waals surface area (Å²) in [5, 5.41) is 6.49. The van der Waals surface area contributed by atoms with Crippen molar-refractivity contribution in [3.63, 3.8) is 0 Å². The molecule has 0 spiro atoms. The van der Waals surface area contributed by atoms with Gasteiger partial charge >= 0.3 is 5.97 Å². The maximum atomic E-state index is 13.9. The predicted octanol–water partition coefficient (Wildman–Crippen LogP) is 6.39. The Labute approximate surface area is 159 Å². The van der Waals surface area contributed by atoms with Gasteiger partial charge in [-0.15, -0.1) is 0 Å². The van der Waals surface area contributed by atoms with Gasteiger partial charge in [0.1, 0.15) is 17.4 Å². The second kappa shape index (κ2) is 5.99. The molecule has 0 saturated heterocycles. The van der Waals surface area contributed by atoms with E-state index in [1.54, 1.807) is 6.07 Å². The zero-order valence-corrected chi connectivity index (χ0v) is 14.9. The Morgan fingerprint density at radius 2 is 1.54 bits per heavy atom. The highest BCUT2D eigenvalue weighted by Gasteiger charge is 2.18. The van der Waals surface area contributed by atoms with Gasteiger partial charge in [0.05, 0.1) is 5.56 Å². The molecule has 5 aromatic rings. The molecule has 0 aliphatic rings. The summed E-state index contributed by atoms with van der Waals surface area (Å²) < 4.78 is 32.5. The van der Waals surface area contributed by atoms with E-state index in [9.17, 15) is 13.6 Å². The monoisotopic (exact) mass is 372 g/mol. The molecular formula is C24H14F2O2. The molecule has 5 rings (SSSR count). The third kappa shape index (κ3) is 2.42. The van der Waals surface area contributed by atoms with Gasteiger partial charge in [-0.3, -0.25) is 0 Å². The Bertz CT molecular complexity index is 1370. The van der Waals surface area contributed by atoms with Gasteiger partial charge in [0, 0.05) is 6.07 Å². The van der Waals surface area contributed by atoms with E-state index in [1.165, 1.54) is 5.39 Å². The predicted molar refractivity (Wildman–Crippen MR) is 106 cm³/mol. The minimum Gasteiger partial charge on any atom is -0.423 e. The number of rotatable bonds is 2. The molecule has 0 aliphatic carbocycles. The number of halogens is 2. The highest BCUT2D eigenvalue weighted by molar-refractivity contribution is 6.24. The molecule has 0 amide bonds. The first kappa shape index (κ1) is 16.6. The van der Waals surface area contributed by atoms with Crippen LogP contribution in [0.4, 0.5) is 8.78 Å². The van der Waals surface area contributed by atoms with Crippen molar-refractivity contribution >= 4 is 38.3 Å². The first-order valence-corrected chi connectivity index (χ1v) is 8.87. The number of carbonyl (C=O) groups is 1. The van der Waals surface area contributed by atoms with Gasteiger partial charge < -0.3 is 4.74 Å². The van der Waals surface area contributed by atoms with Gasteiger partial charge in [-0.05, 0) is 63.0 Å². The first-order valence-electron chi connectivity index (χ1n) is 8.87. The van der Waals surface area contributed by atoms with Crippen LogP contribution in [0.1, 0.15) is 15.9 Å². The number of ether oxygens (including phenoxy) is 1. The van der Waals surface area contributed by atoms with Gasteiger partial charge in [-0.1, -0.05) is 42.5 Å². The molecule has 0 fully saturated rings. The molecule has 0 bridgehead atoms. The number of aryl methyl sites for hydroxylation is 1. The molecule has 0 saturated carbocycles. The lowest BCUT2D eigenvalue weighted by molar-refractivity contribution is 0.0729. The summed E-state index contributed by atoms with van der Waals surface area (Å²) in [5.41, 5.74) is 0.493. The lowest BCUT2D eigenvalue weighted by Crippen LogP contribution is -2.11. The van der Waals surface area contributed by atoms with Gasteiger partial charge in [0.15, 0.2) is 0 Å². The number of benzene rings is 5. The smallest absolute Gasteiger partial charge is 0.346 e. The second-order valence-corrected chi connectivity index (χ2v) is 6.87. The third-order valence-electron chi connectivity index (χ3n) is 5.22. The molecule has 0 radical (unpaired) electrons. The van der Waals surface area contributed by atoms with Crippen molar-refractivity contribution in [1.29, 1.82) is 0 Å². The van der Waals surface area contributed by atoms with Gasteiger partial charge in [-0.25, -0.2) is 13.6 Å². The van der Waals surface area contributed by atoms with Crippen molar-refractivity contribution in [3.8, 4) is 5.75 Å². The summed E-state index contributed by atoms with van der Waals surface area (Å²) in [6, 6.07) is 18.8. The molecule has 4 heteroatoms. The van der Waals surface area contributed by atoms with E-state index in [2.05, 4.69) is 12.1 Å². The molecule has 28 heavy (non-hydrogen) atoms. The topological polar surface area (TPSA) is 26.3 Å². The standard InChI is InChI=1S/C24H14F2O2/c1-13-18-9-7-15-4-2-3-14-5-6-16(23(18)22(14)15)11-21(13)28-24(27)19-10-8-17(25)12-20(19)26/h2-12H,1H3. The molecule has 0 atom stereocenters. The van der Waals surface area contributed by atoms with Gasteiger partial charge in [0.25, 0.3) is 0 Å². The molecule has 0 unspecified atom stereocenters. The van der Waals surface area contributed by atoms with Crippen LogP contribution in [0.25, 0.3) is 32.3 Å². The average molecular weight is 372 g/mol. The summed E-state index contributed by atoms with van der Waals surface area (Å²) in [4.78, 5) is 12.5. The summed E-state index contributed by atoms with van der Waals surface area (Å²) in [6.45, 7) is 1.87. The Kier molecular flexibility index (Phi) is 3.56. The Balaban J connectivity index is 1.68. The summed E-state index contributed by atoms with van der Waals surface area (Å²) >= 11 is 0. The molecule has 0 N–H and O–H groups in total. The van der Waals surface area contributed by atoms with E-state index in [-0.39, 0.29) is 5.56 Å². The van der Waals surface area contributed by atoms with Crippen LogP contribution >= 0.6 is 0 Å². The quantitative estimate of drug-likeness (QED) is 0.204. The molecule has 5 aromatic carbocycles. The maximum Gasteiger partial charge on any atom is 0.346 e. The number of esters is 1. The zero-order valence-electron chi connectivity index (χ0n) is 14.9. The van der Waals surface area contributed by atoms with Crippen molar-refractivity contribution in [2.75, 3.05) is 0 Å². The summed E-state index contributed by atoms with van der Waals surface area (Å²) in [6.07, 6.45) is 0. The van der Waals surface area contributed by atoms with E-state index >= 15 is 0 Å². The molecule has 0 heterocycles. The first-order chi connectivity index (χ1) is 13.5. The van der Waals surface area contributed by atoms with E-state index < -0.39 is 17.6 Å². The van der Waals surface area contributed by atoms with Crippen LogP contribution in [0, 0.1) is 18.6 Å². The highest BCUT2D eigenvalue weighted by Crippen LogP contribution is 2.39. The van der Waals surface area contributed by atoms with E-state index in [0.717, 1.165) is 44.6 Å². The van der Waals surface area contributed by atoms with Crippen molar-refractivity contribution in [2.24, 2.45) is 0 Å². The van der Waals surface area contributed by atoms with Crippen molar-refractivity contribution in [3.05, 3.63) is 89.5 Å². The molecule has 0 aliphatic heterocycles. The van der Waals surface area contributed by atoms with E-state index in [4.69, 9.17) is 4.74 Å². The Morgan fingerprint density at radius 1 is 0.821 bits per heavy atom. The van der Waals surface area contributed by atoms with Crippen LogP contribution < -0.4 is 4.74 Å². The number of hydrogen-bond donors (Lipinski definition) is 0. The molecule has 2 nitrogen and oxygen atoms in total. The molecular weight excluding hydrogens is 358 g/mol. The highest BCUT2D eigenvalue weighted by atomic mass is 19.1. The lowest BCUT2D eigenvalue weighted by atomic mass is 9.92. The average Bonchev–Trinajstić information content (AvgIpc) is 2.68. The van der Waals surface area contributed by atoms with E-state index in [1.807, 2.05) is 37.3 Å². The van der Waals surface area contributed by atoms with Crippen molar-refractivity contribution < 1.29 is 18.3 Å². The Morgan fingerprint density at radius 3 is 2.29 bits per heavy atom. The minimum atomic E-state index is -0.944. The van der Waals surface area contributed by atoms with Gasteiger partial charge in [-0.2, -0.15) is 0 Å².